The highest BCUT2D eigenvalue weighted by Gasteiger charge is 2.33. The topological polar surface area (TPSA) is 0 Å². The smallest absolute Gasteiger partial charge is 0.00588 e. The fourth-order valence-corrected chi connectivity index (χ4v) is 2.31. The Morgan fingerprint density at radius 2 is 2.33 bits per heavy atom. The molecule has 0 N–H and O–H groups in total. The van der Waals surface area contributed by atoms with Crippen molar-refractivity contribution in [2.75, 3.05) is 0 Å². The molecule has 0 aliphatic heterocycles. The molecule has 0 aromatic rings. The first-order chi connectivity index (χ1) is 7.00. The van der Waals surface area contributed by atoms with E-state index < -0.39 is 0 Å². The first-order valence-electron chi connectivity index (χ1n) is 5.97. The molecule has 0 aromatic carbocycles. The van der Waals surface area contributed by atoms with Crippen LogP contribution in [0.2, 0.25) is 0 Å². The fourth-order valence-electron chi connectivity index (χ4n) is 2.31. The zero-order valence-corrected chi connectivity index (χ0v) is 10.6. The highest BCUT2D eigenvalue weighted by Crippen LogP contribution is 2.44. The second-order valence-corrected chi connectivity index (χ2v) is 5.14. The van der Waals surface area contributed by atoms with Crippen LogP contribution >= 0.6 is 0 Å². The van der Waals surface area contributed by atoms with Crippen molar-refractivity contribution >= 4 is 0 Å². The van der Waals surface area contributed by atoms with Crippen LogP contribution in [-0.4, -0.2) is 0 Å². The minimum absolute atomic E-state index is 0.364. The Morgan fingerprint density at radius 3 is 2.87 bits per heavy atom. The van der Waals surface area contributed by atoms with E-state index in [2.05, 4.69) is 46.4 Å². The predicted molar refractivity (Wildman–Crippen MR) is 68.8 cm³/mol. The van der Waals surface area contributed by atoms with Gasteiger partial charge < -0.3 is 0 Å². The summed E-state index contributed by atoms with van der Waals surface area (Å²) in [5.41, 5.74) is 3.22. The van der Waals surface area contributed by atoms with Gasteiger partial charge in [0.25, 0.3) is 0 Å². The number of allylic oxidation sites excluding steroid dienone is 5. The zero-order valence-electron chi connectivity index (χ0n) is 10.6. The molecule has 0 heterocycles. The van der Waals surface area contributed by atoms with Crippen LogP contribution in [0.3, 0.4) is 0 Å². The first kappa shape index (κ1) is 12.3. The third-order valence-corrected chi connectivity index (χ3v) is 4.21. The second-order valence-electron chi connectivity index (χ2n) is 5.14. The second kappa shape index (κ2) is 4.83. The van der Waals surface area contributed by atoms with E-state index in [1.165, 1.54) is 18.4 Å². The van der Waals surface area contributed by atoms with E-state index >= 15 is 0 Å². The fraction of sp³-hybridized carbons (Fsp3) is 0.600. The summed E-state index contributed by atoms with van der Waals surface area (Å²) >= 11 is 0. The highest BCUT2D eigenvalue weighted by molar-refractivity contribution is 5.20. The van der Waals surface area contributed by atoms with Crippen LogP contribution in [0.4, 0.5) is 0 Å². The van der Waals surface area contributed by atoms with Crippen molar-refractivity contribution < 1.29 is 0 Å². The van der Waals surface area contributed by atoms with Crippen molar-refractivity contribution in [1.82, 2.24) is 0 Å². The average Bonchev–Trinajstić information content (AvgIpc) is 2.23. The number of hydrogen-bond donors (Lipinski definition) is 0. The van der Waals surface area contributed by atoms with E-state index in [-0.39, 0.29) is 0 Å². The van der Waals surface area contributed by atoms with Crippen molar-refractivity contribution in [2.45, 2.75) is 47.0 Å². The van der Waals surface area contributed by atoms with Gasteiger partial charge in [-0.15, -0.1) is 0 Å². The average molecular weight is 204 g/mol. The molecule has 0 radical (unpaired) electrons. The zero-order chi connectivity index (χ0) is 11.5. The van der Waals surface area contributed by atoms with Gasteiger partial charge in [0.05, 0.1) is 0 Å². The van der Waals surface area contributed by atoms with Crippen molar-refractivity contribution in [3.8, 4) is 0 Å². The van der Waals surface area contributed by atoms with Crippen LogP contribution in [0.15, 0.2) is 36.0 Å². The third kappa shape index (κ3) is 2.62. The van der Waals surface area contributed by atoms with Gasteiger partial charge in [-0.2, -0.15) is 0 Å². The summed E-state index contributed by atoms with van der Waals surface area (Å²) in [6.45, 7) is 13.0. The summed E-state index contributed by atoms with van der Waals surface area (Å²) in [5, 5.41) is 0. The molecule has 84 valence electrons. The quantitative estimate of drug-likeness (QED) is 0.453. The molecule has 0 aromatic heterocycles. The van der Waals surface area contributed by atoms with Gasteiger partial charge in [0.15, 0.2) is 0 Å². The van der Waals surface area contributed by atoms with Crippen LogP contribution in [0, 0.1) is 11.3 Å². The van der Waals surface area contributed by atoms with Gasteiger partial charge in [-0.25, -0.2) is 0 Å². The molecule has 0 amide bonds. The molecule has 0 heteroatoms. The van der Waals surface area contributed by atoms with Crippen LogP contribution in [-0.2, 0) is 0 Å². The maximum Gasteiger partial charge on any atom is -0.00588 e. The summed E-state index contributed by atoms with van der Waals surface area (Å²) in [5.74, 6) is 0.788. The summed E-state index contributed by atoms with van der Waals surface area (Å²) in [7, 11) is 0. The highest BCUT2D eigenvalue weighted by atomic mass is 14.4. The number of rotatable bonds is 3. The molecule has 1 aliphatic carbocycles. The lowest BCUT2D eigenvalue weighted by atomic mass is 9.65. The normalized spacial score (nSPS) is 32.4. The molecule has 0 fully saturated rings. The van der Waals surface area contributed by atoms with Gasteiger partial charge in [-0.05, 0) is 44.4 Å². The molecular formula is C15H24. The van der Waals surface area contributed by atoms with E-state index in [4.69, 9.17) is 0 Å². The Bertz CT molecular complexity index is 293. The Kier molecular flexibility index (Phi) is 3.96. The molecule has 0 bridgehead atoms. The van der Waals surface area contributed by atoms with Gasteiger partial charge in [0.1, 0.15) is 0 Å². The molecule has 0 spiro atoms. The maximum atomic E-state index is 3.80. The van der Waals surface area contributed by atoms with Crippen molar-refractivity contribution in [1.29, 1.82) is 0 Å². The van der Waals surface area contributed by atoms with Gasteiger partial charge >= 0.3 is 0 Å². The van der Waals surface area contributed by atoms with Crippen LogP contribution < -0.4 is 0 Å². The van der Waals surface area contributed by atoms with Crippen molar-refractivity contribution in [3.05, 3.63) is 36.0 Å². The maximum absolute atomic E-state index is 3.80. The van der Waals surface area contributed by atoms with E-state index in [1.54, 1.807) is 5.57 Å². The van der Waals surface area contributed by atoms with Crippen molar-refractivity contribution in [2.24, 2.45) is 11.3 Å². The van der Waals surface area contributed by atoms with Gasteiger partial charge in [-0.1, -0.05) is 49.8 Å². The van der Waals surface area contributed by atoms with E-state index in [0.29, 0.717) is 5.41 Å². The lowest BCUT2D eigenvalue weighted by Gasteiger charge is -2.39. The molecule has 0 saturated heterocycles. The Hall–Kier alpha value is -0.780. The largest absolute Gasteiger partial charge is 0.0988 e. The Labute approximate surface area is 94.8 Å². The molecule has 0 saturated carbocycles. The molecule has 0 nitrogen and oxygen atoms in total. The predicted octanol–water partition coefficient (Wildman–Crippen LogP) is 4.89. The van der Waals surface area contributed by atoms with Crippen LogP contribution in [0.25, 0.3) is 0 Å². The molecular weight excluding hydrogens is 180 g/mol. The van der Waals surface area contributed by atoms with Crippen LogP contribution in [0.1, 0.15) is 47.0 Å². The Morgan fingerprint density at radius 1 is 1.67 bits per heavy atom. The SMILES string of the molecule is C=CC(C)=CCC1(C)C(C)=CCCC1C. The molecule has 1 aliphatic rings. The monoisotopic (exact) mass is 204 g/mol. The number of hydrogen-bond acceptors (Lipinski definition) is 0. The molecule has 1 rings (SSSR count). The first-order valence-corrected chi connectivity index (χ1v) is 5.97. The van der Waals surface area contributed by atoms with E-state index in [0.717, 1.165) is 12.3 Å². The minimum atomic E-state index is 0.364. The van der Waals surface area contributed by atoms with Crippen molar-refractivity contribution in [3.63, 3.8) is 0 Å². The van der Waals surface area contributed by atoms with Crippen LogP contribution in [0.5, 0.6) is 0 Å². The van der Waals surface area contributed by atoms with E-state index in [9.17, 15) is 0 Å². The standard InChI is InChI=1S/C15H24/c1-6-12(2)10-11-15(5)13(3)8-7-9-14(15)4/h6,8,10,14H,1,7,9,11H2,2-5H3. The molecule has 2 unspecified atom stereocenters. The van der Waals surface area contributed by atoms with E-state index in [1.807, 2.05) is 6.08 Å². The Balaban J connectivity index is 2.84. The third-order valence-electron chi connectivity index (χ3n) is 4.21. The summed E-state index contributed by atoms with van der Waals surface area (Å²) < 4.78 is 0. The summed E-state index contributed by atoms with van der Waals surface area (Å²) in [6.07, 6.45) is 10.4. The summed E-state index contributed by atoms with van der Waals surface area (Å²) in [4.78, 5) is 0. The van der Waals surface area contributed by atoms with Gasteiger partial charge in [0, 0.05) is 0 Å². The lowest BCUT2D eigenvalue weighted by Crippen LogP contribution is -2.28. The lowest BCUT2D eigenvalue weighted by molar-refractivity contribution is 0.231. The summed E-state index contributed by atoms with van der Waals surface area (Å²) in [6, 6.07) is 0. The molecule has 15 heavy (non-hydrogen) atoms. The molecule has 2 atom stereocenters. The van der Waals surface area contributed by atoms with Gasteiger partial charge in [0.2, 0.25) is 0 Å². The minimum Gasteiger partial charge on any atom is -0.0988 e. The van der Waals surface area contributed by atoms with Gasteiger partial charge in [-0.3, -0.25) is 0 Å².